The van der Waals surface area contributed by atoms with Crippen LogP contribution in [-0.4, -0.2) is 56.0 Å². The van der Waals surface area contributed by atoms with Crippen molar-refractivity contribution >= 4 is 33.6 Å². The van der Waals surface area contributed by atoms with E-state index in [0.717, 1.165) is 47.4 Å². The number of carbonyl (C=O) groups is 1. The lowest BCUT2D eigenvalue weighted by Gasteiger charge is -2.39. The summed E-state index contributed by atoms with van der Waals surface area (Å²) in [6.45, 7) is 8.27. The van der Waals surface area contributed by atoms with Crippen molar-refractivity contribution in [2.75, 3.05) is 45.7 Å². The van der Waals surface area contributed by atoms with E-state index in [1.165, 1.54) is 27.3 Å². The van der Waals surface area contributed by atoms with Crippen molar-refractivity contribution < 1.29 is 9.53 Å². The molecule has 1 aliphatic rings. The standard InChI is InChI=1S/C24H29N3O2S2/c1-16-17(2)31-24(25-23(28)20-10-7-15-30-20)21(16)22(27-13-11-26(3)12-14-27)18-8-5-6-9-19(18)29-4/h5-10,15,22H,11-14H2,1-4H3,(H,25,28). The molecule has 1 aromatic carbocycles. The monoisotopic (exact) mass is 455 g/mol. The minimum atomic E-state index is -0.0466. The Kier molecular flexibility index (Phi) is 6.77. The van der Waals surface area contributed by atoms with Gasteiger partial charge in [-0.15, -0.1) is 22.7 Å². The van der Waals surface area contributed by atoms with Crippen LogP contribution in [0.1, 0.15) is 37.3 Å². The van der Waals surface area contributed by atoms with E-state index in [1.54, 1.807) is 18.4 Å². The lowest BCUT2D eigenvalue weighted by molar-refractivity contribution is 0.103. The molecule has 2 aromatic heterocycles. The maximum Gasteiger partial charge on any atom is 0.266 e. The summed E-state index contributed by atoms with van der Waals surface area (Å²) in [6, 6.07) is 12.1. The Bertz CT molecular complexity index is 1040. The molecule has 5 nitrogen and oxygen atoms in total. The second kappa shape index (κ2) is 9.53. The number of aryl methyl sites for hydroxylation is 1. The van der Waals surface area contributed by atoms with Gasteiger partial charge in [-0.2, -0.15) is 0 Å². The molecule has 1 aliphatic heterocycles. The molecule has 0 aliphatic carbocycles. The molecule has 1 saturated heterocycles. The van der Waals surface area contributed by atoms with Crippen LogP contribution in [0.25, 0.3) is 0 Å². The maximum absolute atomic E-state index is 12.9. The van der Waals surface area contributed by atoms with Crippen molar-refractivity contribution in [3.63, 3.8) is 0 Å². The number of para-hydroxylation sites is 1. The van der Waals surface area contributed by atoms with E-state index in [4.69, 9.17) is 4.74 Å². The van der Waals surface area contributed by atoms with Gasteiger partial charge >= 0.3 is 0 Å². The highest BCUT2D eigenvalue weighted by Gasteiger charge is 2.32. The predicted molar refractivity (Wildman–Crippen MR) is 130 cm³/mol. The van der Waals surface area contributed by atoms with Gasteiger partial charge in [-0.05, 0) is 44.0 Å². The molecule has 0 radical (unpaired) electrons. The summed E-state index contributed by atoms with van der Waals surface area (Å²) in [6.07, 6.45) is 0. The maximum atomic E-state index is 12.9. The van der Waals surface area contributed by atoms with Crippen LogP contribution in [0, 0.1) is 13.8 Å². The lowest BCUT2D eigenvalue weighted by Crippen LogP contribution is -2.46. The molecule has 1 N–H and O–H groups in total. The van der Waals surface area contributed by atoms with Crippen LogP contribution in [0.5, 0.6) is 5.75 Å². The van der Waals surface area contributed by atoms with Gasteiger partial charge in [0, 0.05) is 42.2 Å². The highest BCUT2D eigenvalue weighted by Crippen LogP contribution is 2.44. The summed E-state index contributed by atoms with van der Waals surface area (Å²) >= 11 is 3.13. The Morgan fingerprint density at radius 3 is 2.52 bits per heavy atom. The van der Waals surface area contributed by atoms with Crippen LogP contribution in [0.15, 0.2) is 41.8 Å². The van der Waals surface area contributed by atoms with E-state index in [-0.39, 0.29) is 11.9 Å². The molecule has 0 bridgehead atoms. The largest absolute Gasteiger partial charge is 0.496 e. The Hall–Kier alpha value is -2.19. The zero-order valence-electron chi connectivity index (χ0n) is 18.5. The summed E-state index contributed by atoms with van der Waals surface area (Å²) in [5.41, 5.74) is 3.56. The summed E-state index contributed by atoms with van der Waals surface area (Å²) in [4.78, 5) is 19.7. The molecular formula is C24H29N3O2S2. The smallest absolute Gasteiger partial charge is 0.266 e. The fraction of sp³-hybridized carbons (Fsp3) is 0.375. The molecule has 0 saturated carbocycles. The third-order valence-electron chi connectivity index (χ3n) is 6.01. The average Bonchev–Trinajstić information content (AvgIpc) is 3.40. The number of nitrogens with zero attached hydrogens (tertiary/aromatic N) is 2. The topological polar surface area (TPSA) is 44.8 Å². The first-order valence-electron chi connectivity index (χ1n) is 10.5. The van der Waals surface area contributed by atoms with Crippen LogP contribution in [0.2, 0.25) is 0 Å². The van der Waals surface area contributed by atoms with Gasteiger partial charge in [0.15, 0.2) is 0 Å². The number of ether oxygens (including phenoxy) is 1. The van der Waals surface area contributed by atoms with E-state index in [1.807, 2.05) is 29.6 Å². The number of hydrogen-bond donors (Lipinski definition) is 1. The van der Waals surface area contributed by atoms with Gasteiger partial charge in [-0.3, -0.25) is 9.69 Å². The number of thiophene rings is 2. The number of benzene rings is 1. The zero-order valence-corrected chi connectivity index (χ0v) is 20.1. The number of hydrogen-bond acceptors (Lipinski definition) is 6. The molecule has 1 unspecified atom stereocenters. The molecule has 0 spiro atoms. The summed E-state index contributed by atoms with van der Waals surface area (Å²) in [5.74, 6) is 0.833. The third kappa shape index (κ3) is 4.55. The van der Waals surface area contributed by atoms with E-state index >= 15 is 0 Å². The van der Waals surface area contributed by atoms with Crippen molar-refractivity contribution in [1.82, 2.24) is 9.80 Å². The number of nitrogens with one attached hydrogen (secondary N) is 1. The molecule has 3 aromatic rings. The third-order valence-corrected chi connectivity index (χ3v) is 8.02. The summed E-state index contributed by atoms with van der Waals surface area (Å²) in [7, 11) is 3.90. The molecule has 164 valence electrons. The van der Waals surface area contributed by atoms with Crippen molar-refractivity contribution in [2.24, 2.45) is 0 Å². The van der Waals surface area contributed by atoms with Crippen LogP contribution in [0.3, 0.4) is 0 Å². The molecule has 1 amide bonds. The number of rotatable bonds is 6. The number of amides is 1. The fourth-order valence-electron chi connectivity index (χ4n) is 4.15. The highest BCUT2D eigenvalue weighted by molar-refractivity contribution is 7.17. The van der Waals surface area contributed by atoms with Gasteiger partial charge in [-0.1, -0.05) is 24.3 Å². The average molecular weight is 456 g/mol. The molecule has 31 heavy (non-hydrogen) atoms. The van der Waals surface area contributed by atoms with E-state index in [0.29, 0.717) is 0 Å². The van der Waals surface area contributed by atoms with Crippen LogP contribution in [0.4, 0.5) is 5.00 Å². The number of methoxy groups -OCH3 is 1. The van der Waals surface area contributed by atoms with Crippen LogP contribution in [-0.2, 0) is 0 Å². The molecular weight excluding hydrogens is 426 g/mol. The van der Waals surface area contributed by atoms with Gasteiger partial charge < -0.3 is 15.0 Å². The Morgan fingerprint density at radius 2 is 1.84 bits per heavy atom. The Labute approximate surface area is 192 Å². The minimum absolute atomic E-state index is 0.0217. The first-order valence-corrected chi connectivity index (χ1v) is 12.2. The zero-order chi connectivity index (χ0) is 22.0. The second-order valence-electron chi connectivity index (χ2n) is 7.94. The molecule has 4 rings (SSSR count). The number of anilines is 1. The van der Waals surface area contributed by atoms with E-state index < -0.39 is 0 Å². The fourth-order valence-corrected chi connectivity index (χ4v) is 5.85. The van der Waals surface area contributed by atoms with Gasteiger partial charge in [-0.25, -0.2) is 0 Å². The van der Waals surface area contributed by atoms with Crippen molar-refractivity contribution in [3.05, 3.63) is 68.2 Å². The molecule has 1 fully saturated rings. The van der Waals surface area contributed by atoms with Gasteiger partial charge in [0.2, 0.25) is 0 Å². The minimum Gasteiger partial charge on any atom is -0.496 e. The van der Waals surface area contributed by atoms with Crippen LogP contribution < -0.4 is 10.1 Å². The number of likely N-dealkylation sites (N-methyl/N-ethyl adjacent to an activating group) is 1. The number of carbonyl (C=O) groups excluding carboxylic acids is 1. The quantitative estimate of drug-likeness (QED) is 0.567. The van der Waals surface area contributed by atoms with Gasteiger partial charge in [0.25, 0.3) is 5.91 Å². The van der Waals surface area contributed by atoms with E-state index in [9.17, 15) is 4.79 Å². The first-order chi connectivity index (χ1) is 15.0. The molecule has 1 atom stereocenters. The number of piperazine rings is 1. The normalized spacial score (nSPS) is 16.3. The molecule has 3 heterocycles. The first kappa shape index (κ1) is 22.0. The van der Waals surface area contributed by atoms with Crippen molar-refractivity contribution in [1.29, 1.82) is 0 Å². The van der Waals surface area contributed by atoms with Crippen molar-refractivity contribution in [3.8, 4) is 5.75 Å². The van der Waals surface area contributed by atoms with E-state index in [2.05, 4.69) is 48.1 Å². The van der Waals surface area contributed by atoms with Gasteiger partial charge in [0.05, 0.1) is 18.0 Å². The summed E-state index contributed by atoms with van der Waals surface area (Å²) in [5, 5.41) is 6.09. The predicted octanol–water partition coefficient (Wildman–Crippen LogP) is 5.02. The van der Waals surface area contributed by atoms with Crippen molar-refractivity contribution in [2.45, 2.75) is 19.9 Å². The summed E-state index contributed by atoms with van der Waals surface area (Å²) < 4.78 is 5.77. The SMILES string of the molecule is COc1ccccc1C(c1c(NC(=O)c2cccs2)sc(C)c1C)N1CCN(C)CC1. The second-order valence-corrected chi connectivity index (χ2v) is 10.1. The highest BCUT2D eigenvalue weighted by atomic mass is 32.1. The molecule has 7 heteroatoms. The van der Waals surface area contributed by atoms with Crippen LogP contribution >= 0.6 is 22.7 Å². The Balaban J connectivity index is 1.80. The van der Waals surface area contributed by atoms with Gasteiger partial charge in [0.1, 0.15) is 10.8 Å². The Morgan fingerprint density at radius 1 is 1.10 bits per heavy atom. The lowest BCUT2D eigenvalue weighted by atomic mass is 9.93.